The van der Waals surface area contributed by atoms with Gasteiger partial charge in [0, 0.05) is 12.1 Å². The van der Waals surface area contributed by atoms with Gasteiger partial charge in [-0.2, -0.15) is 0 Å². The van der Waals surface area contributed by atoms with Crippen LogP contribution in [0.5, 0.6) is 11.5 Å². The highest BCUT2D eigenvalue weighted by molar-refractivity contribution is 6.46. The van der Waals surface area contributed by atoms with Crippen LogP contribution in [0.15, 0.2) is 40.3 Å². The average molecular weight is 455 g/mol. The summed E-state index contributed by atoms with van der Waals surface area (Å²) in [5.41, 5.74) is 0.405. The predicted octanol–water partition coefficient (Wildman–Crippen LogP) is 3.51. The quantitative estimate of drug-likeness (QED) is 0.371. The Morgan fingerprint density at radius 2 is 1.82 bits per heavy atom. The Morgan fingerprint density at radius 3 is 2.48 bits per heavy atom. The van der Waals surface area contributed by atoms with Crippen molar-refractivity contribution in [3.8, 4) is 11.5 Å². The SMILES string of the molecule is CCN(CC)CCCN1C(=O)C(=O)/C(=C(/O)c2ccc3c(c2)OCCO3)[C@H]1c1ccc(C)o1. The number of amides is 1. The molecule has 1 saturated heterocycles. The van der Waals surface area contributed by atoms with E-state index in [9.17, 15) is 14.7 Å². The molecule has 1 N–H and O–H groups in total. The zero-order valence-corrected chi connectivity index (χ0v) is 19.3. The van der Waals surface area contributed by atoms with E-state index in [2.05, 4.69) is 18.7 Å². The van der Waals surface area contributed by atoms with Crippen molar-refractivity contribution in [2.75, 3.05) is 39.4 Å². The second-order valence-electron chi connectivity index (χ2n) is 8.18. The van der Waals surface area contributed by atoms with Crippen LogP contribution < -0.4 is 9.47 Å². The van der Waals surface area contributed by atoms with Gasteiger partial charge in [-0.05, 0) is 63.3 Å². The molecule has 1 aromatic carbocycles. The molecular weight excluding hydrogens is 424 g/mol. The number of benzene rings is 1. The molecule has 33 heavy (non-hydrogen) atoms. The van der Waals surface area contributed by atoms with Crippen LogP contribution in [0.2, 0.25) is 0 Å². The van der Waals surface area contributed by atoms with Crippen molar-refractivity contribution in [1.29, 1.82) is 0 Å². The van der Waals surface area contributed by atoms with E-state index in [1.807, 2.05) is 0 Å². The molecule has 1 aromatic heterocycles. The number of hydrogen-bond acceptors (Lipinski definition) is 7. The Kier molecular flexibility index (Phi) is 6.74. The number of fused-ring (bicyclic) bond motifs is 1. The minimum atomic E-state index is -0.788. The van der Waals surface area contributed by atoms with Crippen LogP contribution in [0.4, 0.5) is 0 Å². The summed E-state index contributed by atoms with van der Waals surface area (Å²) < 4.78 is 17.0. The van der Waals surface area contributed by atoms with Gasteiger partial charge in [0.2, 0.25) is 0 Å². The number of hydrogen-bond donors (Lipinski definition) is 1. The lowest BCUT2D eigenvalue weighted by Gasteiger charge is -2.25. The zero-order valence-electron chi connectivity index (χ0n) is 19.3. The summed E-state index contributed by atoms with van der Waals surface area (Å²) in [6, 6.07) is 7.72. The summed E-state index contributed by atoms with van der Waals surface area (Å²) in [5.74, 6) is 0.580. The maximum absolute atomic E-state index is 13.1. The third-order valence-electron chi connectivity index (χ3n) is 6.15. The molecule has 0 bridgehead atoms. The Labute approximate surface area is 193 Å². The molecule has 176 valence electrons. The van der Waals surface area contributed by atoms with Crippen molar-refractivity contribution in [1.82, 2.24) is 9.80 Å². The first-order chi connectivity index (χ1) is 15.9. The minimum absolute atomic E-state index is 0.0221. The van der Waals surface area contributed by atoms with E-state index in [1.165, 1.54) is 4.90 Å². The Bertz CT molecular complexity index is 1070. The number of ketones is 1. The number of carbonyl (C=O) groups excluding carboxylic acids is 2. The fourth-order valence-corrected chi connectivity index (χ4v) is 4.36. The normalized spacial score (nSPS) is 19.5. The van der Waals surface area contributed by atoms with Crippen LogP contribution in [-0.4, -0.2) is 66.0 Å². The number of carbonyl (C=O) groups is 2. The number of aliphatic hydroxyl groups is 1. The van der Waals surface area contributed by atoms with E-state index >= 15 is 0 Å². The fourth-order valence-electron chi connectivity index (χ4n) is 4.36. The molecule has 3 heterocycles. The van der Waals surface area contributed by atoms with Crippen LogP contribution in [0, 0.1) is 6.92 Å². The van der Waals surface area contributed by atoms with Gasteiger partial charge in [0.25, 0.3) is 11.7 Å². The first-order valence-corrected chi connectivity index (χ1v) is 11.4. The van der Waals surface area contributed by atoms with E-state index < -0.39 is 17.7 Å². The monoisotopic (exact) mass is 454 g/mol. The molecule has 2 aliphatic heterocycles. The molecule has 1 atom stereocenters. The molecule has 4 rings (SSSR count). The number of rotatable bonds is 8. The highest BCUT2D eigenvalue weighted by Crippen LogP contribution is 2.41. The summed E-state index contributed by atoms with van der Waals surface area (Å²) in [6.45, 7) is 9.86. The lowest BCUT2D eigenvalue weighted by Crippen LogP contribution is -2.33. The molecule has 8 nitrogen and oxygen atoms in total. The van der Waals surface area contributed by atoms with E-state index in [1.54, 1.807) is 37.3 Å². The standard InChI is InChI=1S/C25H30N2O6/c1-4-26(5-2)11-6-12-27-22(19-9-7-16(3)33-19)21(24(29)25(27)30)23(28)17-8-10-18-20(15-17)32-14-13-31-18/h7-10,15,22,28H,4-6,11-14H2,1-3H3/b23-21+/t22-/m1/s1. The summed E-state index contributed by atoms with van der Waals surface area (Å²) in [5, 5.41) is 11.2. The number of nitrogens with zero attached hydrogens (tertiary/aromatic N) is 2. The first kappa shape index (κ1) is 22.9. The molecule has 2 aromatic rings. The van der Waals surface area contributed by atoms with Crippen molar-refractivity contribution in [3.05, 3.63) is 53.0 Å². The second-order valence-corrected chi connectivity index (χ2v) is 8.18. The third-order valence-corrected chi connectivity index (χ3v) is 6.15. The number of Topliss-reactive ketones (excluding diaryl/α,β-unsaturated/α-hetero) is 1. The topological polar surface area (TPSA) is 92.5 Å². The third kappa shape index (κ3) is 4.48. The molecule has 0 radical (unpaired) electrons. The largest absolute Gasteiger partial charge is 0.507 e. The van der Waals surface area contributed by atoms with Gasteiger partial charge in [-0.15, -0.1) is 0 Å². The smallest absolute Gasteiger partial charge is 0.295 e. The van der Waals surface area contributed by atoms with Gasteiger partial charge >= 0.3 is 0 Å². The summed E-state index contributed by atoms with van der Waals surface area (Å²) in [7, 11) is 0. The highest BCUT2D eigenvalue weighted by Gasteiger charge is 2.47. The number of likely N-dealkylation sites (tertiary alicyclic amines) is 1. The van der Waals surface area contributed by atoms with Gasteiger partial charge < -0.3 is 28.8 Å². The molecule has 1 amide bonds. The molecular formula is C25H30N2O6. The molecule has 0 unspecified atom stereocenters. The molecule has 0 spiro atoms. The van der Waals surface area contributed by atoms with Crippen LogP contribution in [0.1, 0.15) is 43.4 Å². The molecule has 2 aliphatic rings. The van der Waals surface area contributed by atoms with Gasteiger partial charge in [0.05, 0.1) is 5.57 Å². The Balaban J connectivity index is 1.71. The molecule has 1 fully saturated rings. The van der Waals surface area contributed by atoms with Gasteiger partial charge in [-0.1, -0.05) is 13.8 Å². The predicted molar refractivity (Wildman–Crippen MR) is 122 cm³/mol. The van der Waals surface area contributed by atoms with Gasteiger partial charge in [-0.25, -0.2) is 0 Å². The Hall–Kier alpha value is -3.26. The lowest BCUT2D eigenvalue weighted by molar-refractivity contribution is -0.140. The van der Waals surface area contributed by atoms with Gasteiger partial charge in [0.1, 0.15) is 36.5 Å². The molecule has 0 saturated carbocycles. The van der Waals surface area contributed by atoms with Crippen molar-refractivity contribution in [2.24, 2.45) is 0 Å². The highest BCUT2D eigenvalue weighted by atomic mass is 16.6. The molecule has 8 heteroatoms. The van der Waals surface area contributed by atoms with Crippen molar-refractivity contribution >= 4 is 17.4 Å². The van der Waals surface area contributed by atoms with E-state index in [4.69, 9.17) is 13.9 Å². The first-order valence-electron chi connectivity index (χ1n) is 11.4. The summed E-state index contributed by atoms with van der Waals surface area (Å²) in [6.07, 6.45) is 0.703. The number of aryl methyl sites for hydroxylation is 1. The lowest BCUT2D eigenvalue weighted by atomic mass is 9.99. The summed E-state index contributed by atoms with van der Waals surface area (Å²) >= 11 is 0. The van der Waals surface area contributed by atoms with E-state index in [0.717, 1.165) is 19.6 Å². The average Bonchev–Trinajstić information content (AvgIpc) is 3.37. The maximum Gasteiger partial charge on any atom is 0.295 e. The van der Waals surface area contributed by atoms with Crippen LogP contribution in [0.3, 0.4) is 0 Å². The Morgan fingerprint density at radius 1 is 1.09 bits per heavy atom. The zero-order chi connectivity index (χ0) is 23.5. The van der Waals surface area contributed by atoms with E-state index in [0.29, 0.717) is 54.8 Å². The van der Waals surface area contributed by atoms with Crippen molar-refractivity contribution in [3.63, 3.8) is 0 Å². The van der Waals surface area contributed by atoms with Crippen LogP contribution in [-0.2, 0) is 9.59 Å². The minimum Gasteiger partial charge on any atom is -0.507 e. The molecule has 0 aliphatic carbocycles. The van der Waals surface area contributed by atoms with Gasteiger partial charge in [-0.3, -0.25) is 9.59 Å². The fraction of sp³-hybridized carbons (Fsp3) is 0.440. The maximum atomic E-state index is 13.1. The van der Waals surface area contributed by atoms with E-state index in [-0.39, 0.29) is 11.3 Å². The number of furan rings is 1. The van der Waals surface area contributed by atoms with Crippen LogP contribution >= 0.6 is 0 Å². The van der Waals surface area contributed by atoms with Crippen molar-refractivity contribution in [2.45, 2.75) is 33.2 Å². The van der Waals surface area contributed by atoms with Gasteiger partial charge in [0.15, 0.2) is 11.5 Å². The second kappa shape index (κ2) is 9.70. The number of ether oxygens (including phenoxy) is 2. The summed E-state index contributed by atoms with van der Waals surface area (Å²) in [4.78, 5) is 29.9. The van der Waals surface area contributed by atoms with Crippen LogP contribution in [0.25, 0.3) is 5.76 Å². The number of aliphatic hydroxyl groups excluding tert-OH is 1. The van der Waals surface area contributed by atoms with Crippen molar-refractivity contribution < 1.29 is 28.6 Å².